The van der Waals surface area contributed by atoms with E-state index in [9.17, 15) is 14.4 Å². The van der Waals surface area contributed by atoms with Crippen molar-refractivity contribution in [2.24, 2.45) is 5.92 Å². The summed E-state index contributed by atoms with van der Waals surface area (Å²) < 4.78 is 5.67. The Hall–Kier alpha value is -2.41. The monoisotopic (exact) mass is 439 g/mol. The van der Waals surface area contributed by atoms with Gasteiger partial charge in [-0.15, -0.1) is 0 Å². The van der Waals surface area contributed by atoms with E-state index in [2.05, 4.69) is 9.80 Å². The highest BCUT2D eigenvalue weighted by molar-refractivity contribution is 6.23. The fraction of sp³-hybridized carbons (Fsp3) is 0.640. The number of benzene rings is 1. The van der Waals surface area contributed by atoms with Crippen LogP contribution in [0.25, 0.3) is 0 Å². The Morgan fingerprint density at radius 2 is 1.75 bits per heavy atom. The van der Waals surface area contributed by atoms with Crippen molar-refractivity contribution in [2.75, 3.05) is 44.2 Å². The molecule has 4 heterocycles. The largest absolute Gasteiger partial charge is 0.376 e. The minimum atomic E-state index is -0.225. The van der Waals surface area contributed by atoms with E-state index in [1.165, 1.54) is 17.7 Å². The number of rotatable bonds is 4. The molecule has 3 amide bonds. The molecule has 172 valence electrons. The number of hydrogen-bond acceptors (Lipinski definition) is 5. The van der Waals surface area contributed by atoms with E-state index in [-0.39, 0.29) is 29.7 Å². The maximum Gasteiger partial charge on any atom is 0.263 e. The highest BCUT2D eigenvalue weighted by Crippen LogP contribution is 2.35. The molecule has 7 nitrogen and oxygen atoms in total. The van der Waals surface area contributed by atoms with Crippen LogP contribution >= 0.6 is 0 Å². The number of nitrogens with zero attached hydrogens (tertiary/aromatic N) is 3. The summed E-state index contributed by atoms with van der Waals surface area (Å²) >= 11 is 0. The molecule has 3 fully saturated rings. The Morgan fingerprint density at radius 3 is 2.50 bits per heavy atom. The summed E-state index contributed by atoms with van der Waals surface area (Å²) in [5.74, 6) is -0.242. The molecule has 1 aromatic carbocycles. The second-order valence-corrected chi connectivity index (χ2v) is 9.58. The van der Waals surface area contributed by atoms with Crippen molar-refractivity contribution in [3.63, 3.8) is 0 Å². The van der Waals surface area contributed by atoms with Gasteiger partial charge in [0.05, 0.1) is 35.4 Å². The van der Waals surface area contributed by atoms with Crippen molar-refractivity contribution < 1.29 is 19.1 Å². The quantitative estimate of drug-likeness (QED) is 0.675. The number of carbonyl (C=O) groups excluding carboxylic acids is 3. The zero-order valence-corrected chi connectivity index (χ0v) is 18.8. The molecule has 32 heavy (non-hydrogen) atoms. The molecule has 5 rings (SSSR count). The lowest BCUT2D eigenvalue weighted by Crippen LogP contribution is -2.45. The minimum Gasteiger partial charge on any atom is -0.376 e. The number of hydrogen-bond donors (Lipinski definition) is 0. The fourth-order valence-electron chi connectivity index (χ4n) is 5.68. The van der Waals surface area contributed by atoms with Crippen LogP contribution in [0.15, 0.2) is 18.2 Å². The van der Waals surface area contributed by atoms with Crippen molar-refractivity contribution in [3.8, 4) is 0 Å². The molecule has 2 atom stereocenters. The number of imide groups is 1. The van der Waals surface area contributed by atoms with Gasteiger partial charge in [-0.25, -0.2) is 0 Å². The number of anilines is 1. The third-order valence-corrected chi connectivity index (χ3v) is 7.42. The molecule has 3 saturated heterocycles. The first-order valence-electron chi connectivity index (χ1n) is 12.3. The first kappa shape index (κ1) is 21.4. The maximum absolute atomic E-state index is 13.3. The third-order valence-electron chi connectivity index (χ3n) is 7.42. The van der Waals surface area contributed by atoms with Gasteiger partial charge in [0, 0.05) is 32.8 Å². The van der Waals surface area contributed by atoms with Gasteiger partial charge in [-0.3, -0.25) is 19.3 Å². The molecule has 0 aromatic heterocycles. The molecule has 0 aliphatic carbocycles. The number of amides is 3. The van der Waals surface area contributed by atoms with E-state index in [1.54, 1.807) is 6.07 Å². The van der Waals surface area contributed by atoms with Gasteiger partial charge >= 0.3 is 0 Å². The highest BCUT2D eigenvalue weighted by atomic mass is 16.5. The van der Waals surface area contributed by atoms with Crippen LogP contribution in [0.3, 0.4) is 0 Å². The topological polar surface area (TPSA) is 70.2 Å². The lowest BCUT2D eigenvalue weighted by Gasteiger charge is -2.36. The summed E-state index contributed by atoms with van der Waals surface area (Å²) in [7, 11) is 0. The van der Waals surface area contributed by atoms with Gasteiger partial charge in [-0.05, 0) is 50.7 Å². The molecule has 4 aliphatic heterocycles. The minimum absolute atomic E-state index is 0.0482. The van der Waals surface area contributed by atoms with E-state index in [1.807, 2.05) is 12.1 Å². The van der Waals surface area contributed by atoms with E-state index < -0.39 is 0 Å². The molecule has 1 aromatic rings. The zero-order valence-electron chi connectivity index (χ0n) is 18.8. The normalized spacial score (nSPS) is 26.4. The molecule has 0 saturated carbocycles. The lowest BCUT2D eigenvalue weighted by molar-refractivity contribution is -0.135. The van der Waals surface area contributed by atoms with Crippen LogP contribution in [-0.2, 0) is 9.53 Å². The van der Waals surface area contributed by atoms with Crippen molar-refractivity contribution in [1.29, 1.82) is 0 Å². The number of fused-ring (bicyclic) bond motifs is 1. The molecule has 4 aliphatic rings. The molecule has 0 radical (unpaired) electrons. The van der Waals surface area contributed by atoms with Gasteiger partial charge in [-0.1, -0.05) is 18.9 Å². The van der Waals surface area contributed by atoms with E-state index in [0.717, 1.165) is 63.8 Å². The predicted octanol–water partition coefficient (Wildman–Crippen LogP) is 3.08. The van der Waals surface area contributed by atoms with Gasteiger partial charge < -0.3 is 14.5 Å². The Bertz CT molecular complexity index is 887. The molecular weight excluding hydrogens is 406 g/mol. The van der Waals surface area contributed by atoms with Gasteiger partial charge in [-0.2, -0.15) is 0 Å². The Kier molecular flexibility index (Phi) is 6.17. The van der Waals surface area contributed by atoms with E-state index >= 15 is 0 Å². The van der Waals surface area contributed by atoms with Crippen LogP contribution in [-0.4, -0.2) is 73.0 Å². The maximum atomic E-state index is 13.3. The summed E-state index contributed by atoms with van der Waals surface area (Å²) in [5.41, 5.74) is 1.77. The van der Waals surface area contributed by atoms with Crippen molar-refractivity contribution >= 4 is 23.4 Å². The Labute approximate surface area is 189 Å². The SMILES string of the molecule is O=C(C1CCCN(c2cccc3c2C(=O)N(CC2CCCO2)C3=O)C1)N1CCCCCC1. The van der Waals surface area contributed by atoms with Crippen LogP contribution in [0, 0.1) is 5.92 Å². The molecule has 7 heteroatoms. The average molecular weight is 440 g/mol. The number of piperidine rings is 1. The second-order valence-electron chi connectivity index (χ2n) is 9.58. The van der Waals surface area contributed by atoms with Crippen LogP contribution in [0.4, 0.5) is 5.69 Å². The van der Waals surface area contributed by atoms with Crippen molar-refractivity contribution in [2.45, 2.75) is 57.5 Å². The standard InChI is InChI=1S/C25H33N3O4/c29-23(26-12-3-1-2-4-13-26)18-8-6-14-27(16-18)21-11-5-10-20-22(21)25(31)28(24(20)30)17-19-9-7-15-32-19/h5,10-11,18-19H,1-4,6-9,12-17H2. The molecule has 0 spiro atoms. The molecule has 0 bridgehead atoms. The summed E-state index contributed by atoms with van der Waals surface area (Å²) in [4.78, 5) is 45.1. The molecule has 2 unspecified atom stereocenters. The second kappa shape index (κ2) is 9.22. The van der Waals surface area contributed by atoms with Gasteiger partial charge in [0.25, 0.3) is 11.8 Å². The smallest absolute Gasteiger partial charge is 0.263 e. The summed E-state index contributed by atoms with van der Waals surface area (Å²) in [5, 5.41) is 0. The third kappa shape index (κ3) is 4.03. The highest BCUT2D eigenvalue weighted by Gasteiger charge is 2.41. The number of carbonyl (C=O) groups is 3. The summed E-state index contributed by atoms with van der Waals surface area (Å²) in [6.07, 6.45) is 8.17. The predicted molar refractivity (Wildman–Crippen MR) is 121 cm³/mol. The van der Waals surface area contributed by atoms with E-state index in [0.29, 0.717) is 30.8 Å². The number of likely N-dealkylation sites (tertiary alicyclic amines) is 1. The first-order chi connectivity index (χ1) is 15.6. The molecule has 0 N–H and O–H groups in total. The fourth-order valence-corrected chi connectivity index (χ4v) is 5.68. The Morgan fingerprint density at radius 1 is 0.938 bits per heavy atom. The van der Waals surface area contributed by atoms with Crippen molar-refractivity contribution in [1.82, 2.24) is 9.80 Å². The van der Waals surface area contributed by atoms with Crippen LogP contribution in [0.1, 0.15) is 72.1 Å². The van der Waals surface area contributed by atoms with Crippen LogP contribution in [0.2, 0.25) is 0 Å². The van der Waals surface area contributed by atoms with Gasteiger partial charge in [0.1, 0.15) is 0 Å². The van der Waals surface area contributed by atoms with Gasteiger partial charge in [0.2, 0.25) is 5.91 Å². The zero-order chi connectivity index (χ0) is 22.1. The van der Waals surface area contributed by atoms with Crippen LogP contribution in [0.5, 0.6) is 0 Å². The van der Waals surface area contributed by atoms with Crippen LogP contribution < -0.4 is 4.90 Å². The number of ether oxygens (including phenoxy) is 1. The van der Waals surface area contributed by atoms with Gasteiger partial charge in [0.15, 0.2) is 0 Å². The summed E-state index contributed by atoms with van der Waals surface area (Å²) in [6.45, 7) is 4.15. The average Bonchev–Trinajstić information content (AvgIpc) is 3.30. The van der Waals surface area contributed by atoms with Crippen molar-refractivity contribution in [3.05, 3.63) is 29.3 Å². The Balaban J connectivity index is 1.34. The lowest BCUT2D eigenvalue weighted by atomic mass is 9.94. The first-order valence-corrected chi connectivity index (χ1v) is 12.3. The van der Waals surface area contributed by atoms with E-state index in [4.69, 9.17) is 4.74 Å². The summed E-state index contributed by atoms with van der Waals surface area (Å²) in [6, 6.07) is 5.53. The molecular formula is C25H33N3O4.